The number of carbonyl (C=O) groups excluding carboxylic acids is 1. The molecule has 0 spiro atoms. The number of amides is 1. The van der Waals surface area contributed by atoms with Crippen LogP contribution in [-0.4, -0.2) is 25.8 Å². The van der Waals surface area contributed by atoms with Gasteiger partial charge in [-0.15, -0.1) is 0 Å². The summed E-state index contributed by atoms with van der Waals surface area (Å²) < 4.78 is 0. The number of nitrogens with zero attached hydrogens (tertiary/aromatic N) is 4. The van der Waals surface area contributed by atoms with Crippen LogP contribution in [0.4, 0.5) is 0 Å². The van der Waals surface area contributed by atoms with E-state index in [1.807, 2.05) is 12.1 Å². The third kappa shape index (κ3) is 4.53. The second-order valence-electron chi connectivity index (χ2n) is 5.33. The second kappa shape index (κ2) is 8.05. The summed E-state index contributed by atoms with van der Waals surface area (Å²) in [6, 6.07) is 10.6. The average molecular weight is 373 g/mol. The smallest absolute Gasteiger partial charge is 0.292 e. The van der Waals surface area contributed by atoms with Crippen LogP contribution >= 0.6 is 23.2 Å². The molecule has 0 saturated carbocycles. The first-order valence-electron chi connectivity index (χ1n) is 7.52. The van der Waals surface area contributed by atoms with Gasteiger partial charge in [0.25, 0.3) is 5.91 Å². The summed E-state index contributed by atoms with van der Waals surface area (Å²) >= 11 is 12.2. The highest BCUT2D eigenvalue weighted by atomic mass is 35.5. The minimum absolute atomic E-state index is 0.136. The molecule has 0 N–H and O–H groups in total. The zero-order valence-electron chi connectivity index (χ0n) is 13.1. The summed E-state index contributed by atoms with van der Waals surface area (Å²) in [5.74, 6) is -0.146. The van der Waals surface area contributed by atoms with E-state index in [1.165, 1.54) is 12.4 Å². The van der Waals surface area contributed by atoms with E-state index in [9.17, 15) is 4.79 Å². The molecule has 3 aromatic rings. The Morgan fingerprint density at radius 1 is 1.00 bits per heavy atom. The molecule has 126 valence electrons. The van der Waals surface area contributed by atoms with Crippen LogP contribution in [-0.2, 0) is 13.1 Å². The molecule has 2 aromatic heterocycles. The van der Waals surface area contributed by atoms with Crippen molar-refractivity contribution in [2.24, 2.45) is 0 Å². The maximum absolute atomic E-state index is 12.8. The summed E-state index contributed by atoms with van der Waals surface area (Å²) in [7, 11) is 0. The van der Waals surface area contributed by atoms with Crippen LogP contribution in [0.15, 0.2) is 61.2 Å². The van der Waals surface area contributed by atoms with E-state index in [0.717, 1.165) is 11.1 Å². The maximum Gasteiger partial charge on any atom is 0.292 e. The van der Waals surface area contributed by atoms with Crippen LogP contribution in [0.2, 0.25) is 10.0 Å². The summed E-state index contributed by atoms with van der Waals surface area (Å²) in [5.41, 5.74) is 1.69. The van der Waals surface area contributed by atoms with E-state index in [2.05, 4.69) is 15.0 Å². The fraction of sp³-hybridized carbons (Fsp3) is 0.111. The quantitative estimate of drug-likeness (QED) is 0.678. The number of hydrogen-bond donors (Lipinski definition) is 0. The molecule has 25 heavy (non-hydrogen) atoms. The predicted molar refractivity (Wildman–Crippen MR) is 96.3 cm³/mol. The molecule has 2 heterocycles. The van der Waals surface area contributed by atoms with Crippen LogP contribution in [0.3, 0.4) is 0 Å². The minimum atomic E-state index is -0.282. The minimum Gasteiger partial charge on any atom is -0.327 e. The molecule has 0 aliphatic heterocycles. The molecule has 7 heteroatoms. The highest BCUT2D eigenvalue weighted by Gasteiger charge is 2.20. The molecule has 0 atom stereocenters. The van der Waals surface area contributed by atoms with Crippen molar-refractivity contribution in [1.82, 2.24) is 19.9 Å². The molecule has 0 saturated heterocycles. The Balaban J connectivity index is 1.89. The lowest BCUT2D eigenvalue weighted by molar-refractivity contribution is 0.0717. The Kier molecular flexibility index (Phi) is 5.58. The van der Waals surface area contributed by atoms with Gasteiger partial charge in [0.15, 0.2) is 0 Å². The summed E-state index contributed by atoms with van der Waals surface area (Å²) in [6.07, 6.45) is 6.48. The van der Waals surface area contributed by atoms with Crippen molar-refractivity contribution in [3.63, 3.8) is 0 Å². The van der Waals surface area contributed by atoms with Gasteiger partial charge in [-0.05, 0) is 35.4 Å². The number of halogens is 2. The summed E-state index contributed by atoms with van der Waals surface area (Å²) in [4.78, 5) is 26.7. The van der Waals surface area contributed by atoms with Gasteiger partial charge in [-0.2, -0.15) is 0 Å². The van der Waals surface area contributed by atoms with Gasteiger partial charge in [-0.25, -0.2) is 9.97 Å². The fourth-order valence-electron chi connectivity index (χ4n) is 2.32. The van der Waals surface area contributed by atoms with Gasteiger partial charge < -0.3 is 4.90 Å². The first kappa shape index (κ1) is 17.3. The predicted octanol–water partition coefficient (Wildman–Crippen LogP) is 4.02. The number of benzene rings is 1. The van der Waals surface area contributed by atoms with E-state index in [0.29, 0.717) is 23.1 Å². The van der Waals surface area contributed by atoms with Crippen LogP contribution in [0.25, 0.3) is 0 Å². The Labute approximate surface area is 155 Å². The van der Waals surface area contributed by atoms with Gasteiger partial charge >= 0.3 is 0 Å². The van der Waals surface area contributed by atoms with E-state index in [-0.39, 0.29) is 11.7 Å². The molecule has 0 aliphatic carbocycles. The number of rotatable bonds is 5. The first-order chi connectivity index (χ1) is 12.1. The van der Waals surface area contributed by atoms with Crippen LogP contribution < -0.4 is 0 Å². The molecule has 0 radical (unpaired) electrons. The Hall–Kier alpha value is -2.50. The van der Waals surface area contributed by atoms with Crippen molar-refractivity contribution >= 4 is 29.1 Å². The van der Waals surface area contributed by atoms with E-state index in [1.54, 1.807) is 41.6 Å². The SMILES string of the molecule is O=C(c1ncccn1)N(Cc1cccnc1)Cc1ccc(Cl)cc1Cl. The first-order valence-corrected chi connectivity index (χ1v) is 8.28. The molecular formula is C18H14Cl2N4O. The third-order valence-electron chi connectivity index (χ3n) is 3.52. The highest BCUT2D eigenvalue weighted by molar-refractivity contribution is 6.35. The zero-order chi connectivity index (χ0) is 17.6. The molecule has 3 rings (SSSR count). The molecule has 1 aromatic carbocycles. The van der Waals surface area contributed by atoms with Gasteiger partial charge in [-0.1, -0.05) is 35.3 Å². The zero-order valence-corrected chi connectivity index (χ0v) is 14.7. The van der Waals surface area contributed by atoms with Gasteiger partial charge in [0.2, 0.25) is 5.82 Å². The Morgan fingerprint density at radius 2 is 1.80 bits per heavy atom. The van der Waals surface area contributed by atoms with E-state index < -0.39 is 0 Å². The van der Waals surface area contributed by atoms with Crippen LogP contribution in [0.5, 0.6) is 0 Å². The lowest BCUT2D eigenvalue weighted by Gasteiger charge is -2.22. The molecule has 1 amide bonds. The normalized spacial score (nSPS) is 10.5. The van der Waals surface area contributed by atoms with Crippen LogP contribution in [0.1, 0.15) is 21.7 Å². The van der Waals surface area contributed by atoms with E-state index in [4.69, 9.17) is 23.2 Å². The standard InChI is InChI=1S/C18H14Cl2N4O/c19-15-5-4-14(16(20)9-15)12-24(11-13-3-1-6-21-10-13)18(25)17-22-7-2-8-23-17/h1-10H,11-12H2. The van der Waals surface area contributed by atoms with E-state index >= 15 is 0 Å². The van der Waals surface area contributed by atoms with Crippen molar-refractivity contribution < 1.29 is 4.79 Å². The highest BCUT2D eigenvalue weighted by Crippen LogP contribution is 2.23. The maximum atomic E-state index is 12.8. The number of pyridine rings is 1. The van der Waals surface area contributed by atoms with Gasteiger partial charge in [0.05, 0.1) is 0 Å². The van der Waals surface area contributed by atoms with Crippen molar-refractivity contribution in [1.29, 1.82) is 0 Å². The molecule has 0 fully saturated rings. The van der Waals surface area contributed by atoms with Crippen molar-refractivity contribution in [2.75, 3.05) is 0 Å². The molecule has 0 unspecified atom stereocenters. The van der Waals surface area contributed by atoms with Gasteiger partial charge in [-0.3, -0.25) is 9.78 Å². The summed E-state index contributed by atoms with van der Waals surface area (Å²) in [5, 5.41) is 1.05. The second-order valence-corrected chi connectivity index (χ2v) is 6.17. The summed E-state index contributed by atoms with van der Waals surface area (Å²) in [6.45, 7) is 0.672. The Bertz CT molecular complexity index is 859. The third-order valence-corrected chi connectivity index (χ3v) is 4.10. The lowest BCUT2D eigenvalue weighted by Crippen LogP contribution is -2.31. The Morgan fingerprint density at radius 3 is 2.48 bits per heavy atom. The lowest BCUT2D eigenvalue weighted by atomic mass is 10.2. The van der Waals surface area contributed by atoms with Gasteiger partial charge in [0, 0.05) is 47.9 Å². The topological polar surface area (TPSA) is 59.0 Å². The van der Waals surface area contributed by atoms with Crippen molar-refractivity contribution in [3.05, 3.63) is 88.2 Å². The number of carbonyl (C=O) groups is 1. The van der Waals surface area contributed by atoms with Gasteiger partial charge in [0.1, 0.15) is 0 Å². The largest absolute Gasteiger partial charge is 0.327 e. The molecule has 5 nitrogen and oxygen atoms in total. The molecule has 0 aliphatic rings. The van der Waals surface area contributed by atoms with Crippen molar-refractivity contribution in [2.45, 2.75) is 13.1 Å². The average Bonchev–Trinajstić information content (AvgIpc) is 2.64. The number of aromatic nitrogens is 3. The fourth-order valence-corrected chi connectivity index (χ4v) is 2.79. The molecular weight excluding hydrogens is 359 g/mol. The monoisotopic (exact) mass is 372 g/mol. The number of hydrogen-bond acceptors (Lipinski definition) is 4. The van der Waals surface area contributed by atoms with Crippen LogP contribution in [0, 0.1) is 0 Å². The van der Waals surface area contributed by atoms with Crippen molar-refractivity contribution in [3.8, 4) is 0 Å². The molecule has 0 bridgehead atoms.